The van der Waals surface area contributed by atoms with Crippen LogP contribution in [0.3, 0.4) is 0 Å². The number of primary amides is 1. The monoisotopic (exact) mass is 280 g/mol. The van der Waals surface area contributed by atoms with Gasteiger partial charge in [-0.25, -0.2) is 14.6 Å². The van der Waals surface area contributed by atoms with Crippen molar-refractivity contribution < 1.29 is 13.9 Å². The van der Waals surface area contributed by atoms with Crippen LogP contribution in [-0.4, -0.2) is 38.0 Å². The summed E-state index contributed by atoms with van der Waals surface area (Å²) in [4.78, 5) is 12.5. The van der Waals surface area contributed by atoms with Crippen LogP contribution in [0.25, 0.3) is 0 Å². The number of nitrogens with zero attached hydrogens (tertiary/aromatic N) is 2. The van der Waals surface area contributed by atoms with Gasteiger partial charge in [0.15, 0.2) is 0 Å². The van der Waals surface area contributed by atoms with Crippen molar-refractivity contribution in [2.45, 2.75) is 6.92 Å². The van der Waals surface area contributed by atoms with Crippen molar-refractivity contribution in [1.82, 2.24) is 5.43 Å². The Hall–Kier alpha value is -2.15. The molecule has 1 fully saturated rings. The molecule has 0 saturated carbocycles. The first-order chi connectivity index (χ1) is 9.58. The molecule has 108 valence electrons. The largest absolute Gasteiger partial charge is 0.378 e. The summed E-state index contributed by atoms with van der Waals surface area (Å²) in [5.74, 6) is -0.321. The Morgan fingerprint density at radius 3 is 2.75 bits per heavy atom. The number of hydrazone groups is 1. The summed E-state index contributed by atoms with van der Waals surface area (Å²) in [6.07, 6.45) is 0. The van der Waals surface area contributed by atoms with Gasteiger partial charge in [0.05, 0.1) is 24.6 Å². The molecule has 3 N–H and O–H groups in total. The van der Waals surface area contributed by atoms with Gasteiger partial charge in [-0.05, 0) is 19.1 Å². The van der Waals surface area contributed by atoms with Crippen molar-refractivity contribution in [1.29, 1.82) is 0 Å². The van der Waals surface area contributed by atoms with Gasteiger partial charge in [-0.15, -0.1) is 0 Å². The summed E-state index contributed by atoms with van der Waals surface area (Å²) >= 11 is 0. The second kappa shape index (κ2) is 6.33. The van der Waals surface area contributed by atoms with Gasteiger partial charge in [0.2, 0.25) is 0 Å². The van der Waals surface area contributed by atoms with Crippen LogP contribution in [0, 0.1) is 5.82 Å². The van der Waals surface area contributed by atoms with Crippen molar-refractivity contribution in [3.63, 3.8) is 0 Å². The molecular weight excluding hydrogens is 263 g/mol. The highest BCUT2D eigenvalue weighted by molar-refractivity contribution is 5.99. The Kier molecular flexibility index (Phi) is 4.52. The van der Waals surface area contributed by atoms with Gasteiger partial charge < -0.3 is 15.4 Å². The number of carbonyl (C=O) groups is 1. The lowest BCUT2D eigenvalue weighted by molar-refractivity contribution is 0.122. The van der Waals surface area contributed by atoms with Crippen LogP contribution in [0.15, 0.2) is 23.3 Å². The molecule has 0 aromatic heterocycles. The number of anilines is 1. The smallest absolute Gasteiger partial charge is 0.332 e. The quantitative estimate of drug-likeness (QED) is 0.641. The third kappa shape index (κ3) is 3.45. The van der Waals surface area contributed by atoms with Gasteiger partial charge in [0, 0.05) is 18.7 Å². The first-order valence-corrected chi connectivity index (χ1v) is 6.30. The molecule has 2 rings (SSSR count). The fourth-order valence-electron chi connectivity index (χ4n) is 2.00. The molecule has 1 aliphatic rings. The number of halogens is 1. The summed E-state index contributed by atoms with van der Waals surface area (Å²) in [7, 11) is 0. The summed E-state index contributed by atoms with van der Waals surface area (Å²) in [6, 6.07) is 4.11. The van der Waals surface area contributed by atoms with Crippen LogP contribution in [-0.2, 0) is 4.74 Å². The van der Waals surface area contributed by atoms with Crippen LogP contribution in [0.5, 0.6) is 0 Å². The number of ether oxygens (including phenoxy) is 1. The number of morpholine rings is 1. The number of nitrogens with two attached hydrogens (primary N) is 1. The first kappa shape index (κ1) is 14.3. The molecule has 0 spiro atoms. The van der Waals surface area contributed by atoms with Gasteiger partial charge in [-0.1, -0.05) is 6.07 Å². The van der Waals surface area contributed by atoms with E-state index in [4.69, 9.17) is 10.5 Å². The molecule has 6 nitrogen and oxygen atoms in total. The predicted octanol–water partition coefficient (Wildman–Crippen LogP) is 1.05. The van der Waals surface area contributed by atoms with Crippen LogP contribution in [0.2, 0.25) is 0 Å². The van der Waals surface area contributed by atoms with Crippen molar-refractivity contribution in [3.05, 3.63) is 29.6 Å². The molecule has 0 aliphatic carbocycles. The molecule has 0 bridgehead atoms. The number of nitrogens with one attached hydrogen (secondary N) is 1. The molecule has 20 heavy (non-hydrogen) atoms. The molecule has 2 amide bonds. The van der Waals surface area contributed by atoms with Crippen molar-refractivity contribution in [2.75, 3.05) is 31.2 Å². The lowest BCUT2D eigenvalue weighted by atomic mass is 10.1. The highest BCUT2D eigenvalue weighted by Crippen LogP contribution is 2.21. The second-order valence-corrected chi connectivity index (χ2v) is 4.44. The zero-order chi connectivity index (χ0) is 14.5. The van der Waals surface area contributed by atoms with Gasteiger partial charge in [0.1, 0.15) is 5.82 Å². The number of carbonyl (C=O) groups excluding carboxylic acids is 1. The summed E-state index contributed by atoms with van der Waals surface area (Å²) in [5, 5.41) is 3.77. The summed E-state index contributed by atoms with van der Waals surface area (Å²) in [6.45, 7) is 4.21. The summed E-state index contributed by atoms with van der Waals surface area (Å²) in [5.41, 5.74) is 8.66. The minimum absolute atomic E-state index is 0.321. The number of hydrogen-bond acceptors (Lipinski definition) is 4. The summed E-state index contributed by atoms with van der Waals surface area (Å²) < 4.78 is 19.4. The van der Waals surface area contributed by atoms with Gasteiger partial charge in [-0.3, -0.25) is 0 Å². The molecular formula is C13H17FN4O2. The van der Waals surface area contributed by atoms with E-state index in [1.165, 1.54) is 6.07 Å². The maximum absolute atomic E-state index is 14.1. The van der Waals surface area contributed by atoms with Crippen LogP contribution in [0.1, 0.15) is 12.5 Å². The molecule has 0 unspecified atom stereocenters. The molecule has 1 aromatic rings. The second-order valence-electron chi connectivity index (χ2n) is 4.44. The number of hydrogen-bond donors (Lipinski definition) is 2. The maximum atomic E-state index is 14.1. The zero-order valence-electron chi connectivity index (χ0n) is 11.2. The number of rotatable bonds is 3. The highest BCUT2D eigenvalue weighted by Gasteiger charge is 2.15. The van der Waals surface area contributed by atoms with E-state index in [9.17, 15) is 9.18 Å². The van der Waals surface area contributed by atoms with Gasteiger partial charge in [0.25, 0.3) is 0 Å². The number of urea groups is 1. The molecule has 7 heteroatoms. The van der Waals surface area contributed by atoms with Gasteiger partial charge in [-0.2, -0.15) is 5.10 Å². The molecule has 1 saturated heterocycles. The fraction of sp³-hybridized carbons (Fsp3) is 0.385. The standard InChI is InChI=1S/C13H17FN4O2/c1-9(16-17-13(15)19)10-2-3-12(11(14)8-10)18-4-6-20-7-5-18/h2-3,8H,4-7H2,1H3,(H3,15,17,19)/b16-9+. The van der Waals surface area contributed by atoms with E-state index < -0.39 is 6.03 Å². The molecule has 0 atom stereocenters. The van der Waals surface area contributed by atoms with E-state index in [0.29, 0.717) is 43.3 Å². The minimum Gasteiger partial charge on any atom is -0.378 e. The van der Waals surface area contributed by atoms with E-state index in [1.807, 2.05) is 4.90 Å². The molecule has 1 aromatic carbocycles. The van der Waals surface area contributed by atoms with Crippen molar-refractivity contribution in [2.24, 2.45) is 10.8 Å². The van der Waals surface area contributed by atoms with Crippen LogP contribution < -0.4 is 16.1 Å². The van der Waals surface area contributed by atoms with Crippen molar-refractivity contribution >= 4 is 17.4 Å². The van der Waals surface area contributed by atoms with Gasteiger partial charge >= 0.3 is 6.03 Å². The third-order valence-electron chi connectivity index (χ3n) is 3.05. The minimum atomic E-state index is -0.755. The van der Waals surface area contributed by atoms with Crippen LogP contribution in [0.4, 0.5) is 14.9 Å². The van der Waals surface area contributed by atoms with E-state index in [1.54, 1.807) is 19.1 Å². The Bertz CT molecular complexity index is 527. The number of benzene rings is 1. The Morgan fingerprint density at radius 1 is 1.45 bits per heavy atom. The van der Waals surface area contributed by atoms with E-state index in [2.05, 4.69) is 10.5 Å². The predicted molar refractivity (Wildman–Crippen MR) is 74.4 cm³/mol. The maximum Gasteiger partial charge on any atom is 0.332 e. The van der Waals surface area contributed by atoms with E-state index in [0.717, 1.165) is 0 Å². The first-order valence-electron chi connectivity index (χ1n) is 6.30. The average Bonchev–Trinajstić information content (AvgIpc) is 2.45. The lowest BCUT2D eigenvalue weighted by Crippen LogP contribution is -2.36. The Labute approximate surface area is 116 Å². The molecule has 0 radical (unpaired) electrons. The van der Waals surface area contributed by atoms with E-state index >= 15 is 0 Å². The fourth-order valence-corrected chi connectivity index (χ4v) is 2.00. The normalized spacial score (nSPS) is 16.1. The third-order valence-corrected chi connectivity index (χ3v) is 3.05. The lowest BCUT2D eigenvalue weighted by Gasteiger charge is -2.29. The number of amides is 2. The Morgan fingerprint density at radius 2 is 2.15 bits per heavy atom. The highest BCUT2D eigenvalue weighted by atomic mass is 19.1. The average molecular weight is 280 g/mol. The van der Waals surface area contributed by atoms with Crippen LogP contribution >= 0.6 is 0 Å². The molecule has 1 aliphatic heterocycles. The van der Waals surface area contributed by atoms with Crippen molar-refractivity contribution in [3.8, 4) is 0 Å². The molecule has 1 heterocycles. The zero-order valence-corrected chi connectivity index (χ0v) is 11.2. The Balaban J connectivity index is 2.16. The topological polar surface area (TPSA) is 79.9 Å². The SMILES string of the molecule is C/C(=N\NC(N)=O)c1ccc(N2CCOCC2)c(F)c1. The van der Waals surface area contributed by atoms with E-state index in [-0.39, 0.29) is 5.82 Å².